The van der Waals surface area contributed by atoms with Crippen LogP contribution in [-0.2, 0) is 0 Å². The summed E-state index contributed by atoms with van der Waals surface area (Å²) in [6.45, 7) is 7.15. The van der Waals surface area contributed by atoms with Gasteiger partial charge < -0.3 is 4.98 Å². The molecule has 68 valence electrons. The summed E-state index contributed by atoms with van der Waals surface area (Å²) in [6, 6.07) is 0. The van der Waals surface area contributed by atoms with E-state index in [1.165, 1.54) is 0 Å². The van der Waals surface area contributed by atoms with Gasteiger partial charge in [0.15, 0.2) is 5.82 Å². The zero-order valence-electron chi connectivity index (χ0n) is 7.78. The summed E-state index contributed by atoms with van der Waals surface area (Å²) >= 11 is 0. The number of allylic oxidation sites excluding steroid dienone is 3. The Morgan fingerprint density at radius 1 is 1.54 bits per heavy atom. The number of hydrogen-bond donors (Lipinski definition) is 1. The summed E-state index contributed by atoms with van der Waals surface area (Å²) in [7, 11) is 0. The van der Waals surface area contributed by atoms with Gasteiger partial charge in [0.25, 0.3) is 0 Å². The first-order valence-corrected chi connectivity index (χ1v) is 3.96. The Bertz CT molecular complexity index is 346. The summed E-state index contributed by atoms with van der Waals surface area (Å²) in [6.07, 6.45) is 5.38. The fraction of sp³-hybridized carbons (Fsp3) is 0.222. The highest BCUT2D eigenvalue weighted by molar-refractivity contribution is 5.68. The van der Waals surface area contributed by atoms with Crippen LogP contribution in [0.3, 0.4) is 0 Å². The Hall–Kier alpha value is -1.71. The van der Waals surface area contributed by atoms with Gasteiger partial charge in [0, 0.05) is 11.8 Å². The lowest BCUT2D eigenvalue weighted by atomic mass is 10.2. The minimum absolute atomic E-state index is 0.750. The molecule has 4 heteroatoms. The molecule has 1 N–H and O–H groups in total. The third-order valence-corrected chi connectivity index (χ3v) is 1.54. The normalized spacial score (nSPS) is 12.3. The van der Waals surface area contributed by atoms with Crippen LogP contribution in [0.25, 0.3) is 5.57 Å². The molecule has 1 heterocycles. The number of aliphatic imine (C=N–C) groups is 1. The van der Waals surface area contributed by atoms with Gasteiger partial charge in [-0.1, -0.05) is 6.08 Å². The maximum atomic E-state index is 3.95. The largest absolute Gasteiger partial charge is 0.325 e. The molecule has 0 atom stereocenters. The van der Waals surface area contributed by atoms with Crippen molar-refractivity contribution in [3.63, 3.8) is 0 Å². The second-order valence-electron chi connectivity index (χ2n) is 2.50. The quantitative estimate of drug-likeness (QED) is 0.563. The predicted molar refractivity (Wildman–Crippen MR) is 53.5 cm³/mol. The third kappa shape index (κ3) is 2.37. The van der Waals surface area contributed by atoms with Gasteiger partial charge in [0.2, 0.25) is 0 Å². The second-order valence-corrected chi connectivity index (χ2v) is 2.50. The molecular formula is C9H12N4. The van der Waals surface area contributed by atoms with Crippen molar-refractivity contribution in [2.45, 2.75) is 13.8 Å². The van der Waals surface area contributed by atoms with E-state index in [2.05, 4.69) is 26.9 Å². The molecule has 0 saturated carbocycles. The monoisotopic (exact) mass is 176 g/mol. The summed E-state index contributed by atoms with van der Waals surface area (Å²) in [4.78, 5) is 6.65. The summed E-state index contributed by atoms with van der Waals surface area (Å²) < 4.78 is 0. The van der Waals surface area contributed by atoms with Crippen LogP contribution < -0.4 is 0 Å². The molecule has 4 nitrogen and oxygen atoms in total. The van der Waals surface area contributed by atoms with E-state index in [-0.39, 0.29) is 0 Å². The van der Waals surface area contributed by atoms with E-state index in [1.807, 2.05) is 26.0 Å². The molecule has 0 aliphatic heterocycles. The van der Waals surface area contributed by atoms with Crippen LogP contribution in [0.1, 0.15) is 18.6 Å². The first-order chi connectivity index (χ1) is 6.27. The van der Waals surface area contributed by atoms with E-state index >= 15 is 0 Å². The van der Waals surface area contributed by atoms with Gasteiger partial charge >= 0.3 is 0 Å². The van der Waals surface area contributed by atoms with Gasteiger partial charge in [0.1, 0.15) is 5.82 Å². The highest BCUT2D eigenvalue weighted by atomic mass is 15.2. The average molecular weight is 176 g/mol. The SMILES string of the molecule is C=N/C=C\C(=C/C)c1nnc(C)[nH]1. The van der Waals surface area contributed by atoms with Crippen molar-refractivity contribution in [1.29, 1.82) is 0 Å². The summed E-state index contributed by atoms with van der Waals surface area (Å²) in [5, 5.41) is 7.82. The molecular weight excluding hydrogens is 164 g/mol. The van der Waals surface area contributed by atoms with Crippen molar-refractivity contribution in [3.8, 4) is 0 Å². The highest BCUT2D eigenvalue weighted by Crippen LogP contribution is 2.10. The smallest absolute Gasteiger partial charge is 0.161 e. The van der Waals surface area contributed by atoms with Crippen molar-refractivity contribution in [1.82, 2.24) is 15.2 Å². The topological polar surface area (TPSA) is 53.9 Å². The number of aryl methyl sites for hydroxylation is 1. The van der Waals surface area contributed by atoms with E-state index in [9.17, 15) is 0 Å². The van der Waals surface area contributed by atoms with E-state index in [4.69, 9.17) is 0 Å². The fourth-order valence-corrected chi connectivity index (χ4v) is 0.921. The molecule has 0 unspecified atom stereocenters. The molecule has 0 aromatic carbocycles. The van der Waals surface area contributed by atoms with E-state index in [1.54, 1.807) is 6.20 Å². The fourth-order valence-electron chi connectivity index (χ4n) is 0.921. The average Bonchev–Trinajstić information content (AvgIpc) is 2.54. The summed E-state index contributed by atoms with van der Waals surface area (Å²) in [5.74, 6) is 1.55. The maximum Gasteiger partial charge on any atom is 0.161 e. The van der Waals surface area contributed by atoms with Crippen LogP contribution in [0.15, 0.2) is 23.3 Å². The van der Waals surface area contributed by atoms with Gasteiger partial charge in [-0.25, -0.2) is 0 Å². The first kappa shape index (κ1) is 9.38. The lowest BCUT2D eigenvalue weighted by Crippen LogP contribution is -1.83. The summed E-state index contributed by atoms with van der Waals surface area (Å²) in [5.41, 5.74) is 0.952. The minimum Gasteiger partial charge on any atom is -0.325 e. The molecule has 0 aliphatic carbocycles. The highest BCUT2D eigenvalue weighted by Gasteiger charge is 2.00. The molecule has 0 fully saturated rings. The van der Waals surface area contributed by atoms with Crippen LogP contribution in [-0.4, -0.2) is 21.9 Å². The molecule has 0 spiro atoms. The van der Waals surface area contributed by atoms with Crippen molar-refractivity contribution in [2.75, 3.05) is 0 Å². The molecule has 1 rings (SSSR count). The molecule has 0 radical (unpaired) electrons. The number of nitrogens with one attached hydrogen (secondary N) is 1. The van der Waals surface area contributed by atoms with Crippen LogP contribution in [0, 0.1) is 6.92 Å². The molecule has 0 saturated heterocycles. The number of hydrogen-bond acceptors (Lipinski definition) is 3. The van der Waals surface area contributed by atoms with Crippen molar-refractivity contribution >= 4 is 12.3 Å². The van der Waals surface area contributed by atoms with Crippen molar-refractivity contribution in [2.24, 2.45) is 4.99 Å². The van der Waals surface area contributed by atoms with Gasteiger partial charge in [-0.15, -0.1) is 10.2 Å². The Labute approximate surface area is 77.1 Å². The third-order valence-electron chi connectivity index (χ3n) is 1.54. The van der Waals surface area contributed by atoms with Crippen LogP contribution in [0.4, 0.5) is 0 Å². The maximum absolute atomic E-state index is 3.95. The molecule has 0 aliphatic rings. The van der Waals surface area contributed by atoms with Crippen LogP contribution in [0.2, 0.25) is 0 Å². The molecule has 13 heavy (non-hydrogen) atoms. The molecule has 1 aromatic rings. The second kappa shape index (κ2) is 4.35. The van der Waals surface area contributed by atoms with Crippen LogP contribution in [0.5, 0.6) is 0 Å². The van der Waals surface area contributed by atoms with Gasteiger partial charge in [-0.3, -0.25) is 4.99 Å². The van der Waals surface area contributed by atoms with Crippen LogP contribution >= 0.6 is 0 Å². The number of aromatic nitrogens is 3. The van der Waals surface area contributed by atoms with Crippen molar-refractivity contribution < 1.29 is 0 Å². The Balaban J connectivity index is 2.91. The van der Waals surface area contributed by atoms with E-state index in [0.717, 1.165) is 17.2 Å². The first-order valence-electron chi connectivity index (χ1n) is 3.96. The lowest BCUT2D eigenvalue weighted by molar-refractivity contribution is 1.03. The van der Waals surface area contributed by atoms with Crippen molar-refractivity contribution in [3.05, 3.63) is 30.0 Å². The predicted octanol–water partition coefficient (Wildman–Crippen LogP) is 1.73. The molecule has 0 amide bonds. The number of rotatable bonds is 3. The van der Waals surface area contributed by atoms with Gasteiger partial charge in [-0.2, -0.15) is 0 Å². The Morgan fingerprint density at radius 2 is 2.31 bits per heavy atom. The molecule has 1 aromatic heterocycles. The minimum atomic E-state index is 0.750. The van der Waals surface area contributed by atoms with E-state index < -0.39 is 0 Å². The number of aromatic amines is 1. The zero-order chi connectivity index (χ0) is 9.68. The van der Waals surface area contributed by atoms with Gasteiger partial charge in [0.05, 0.1) is 0 Å². The number of nitrogens with zero attached hydrogens (tertiary/aromatic N) is 3. The van der Waals surface area contributed by atoms with Gasteiger partial charge in [-0.05, 0) is 26.6 Å². The Kier molecular flexibility index (Phi) is 3.14. The van der Waals surface area contributed by atoms with E-state index in [0.29, 0.717) is 0 Å². The standard InChI is InChI=1S/C9H12N4/c1-4-8(5-6-10-3)9-11-7(2)12-13-9/h4-6H,3H2,1-2H3,(H,11,12,13)/b6-5-,8-4+. The molecule has 0 bridgehead atoms. The number of H-pyrrole nitrogens is 1. The lowest BCUT2D eigenvalue weighted by Gasteiger charge is -1.92. The zero-order valence-corrected chi connectivity index (χ0v) is 7.78. The Morgan fingerprint density at radius 3 is 2.77 bits per heavy atom.